The molecule has 0 spiro atoms. The Morgan fingerprint density at radius 2 is 2.29 bits per heavy atom. The van der Waals surface area contributed by atoms with Gasteiger partial charge in [0.1, 0.15) is 0 Å². The van der Waals surface area contributed by atoms with Crippen molar-refractivity contribution in [3.05, 3.63) is 12.2 Å². The molecule has 0 aromatic heterocycles. The molecule has 2 unspecified atom stereocenters. The van der Waals surface area contributed by atoms with Crippen molar-refractivity contribution in [1.29, 1.82) is 0 Å². The van der Waals surface area contributed by atoms with Gasteiger partial charge in [0.25, 0.3) is 0 Å². The number of carboxylic acid groups (broad SMARTS) is 1. The molecule has 14 heavy (non-hydrogen) atoms. The summed E-state index contributed by atoms with van der Waals surface area (Å²) in [5, 5.41) is 18.6. The minimum absolute atomic E-state index is 0.472. The van der Waals surface area contributed by atoms with Crippen molar-refractivity contribution in [1.82, 2.24) is 0 Å². The smallest absolute Gasteiger partial charge is 0.309 e. The van der Waals surface area contributed by atoms with Crippen LogP contribution in [0.25, 0.3) is 0 Å². The number of allylic oxidation sites excluding steroid dienone is 1. The van der Waals surface area contributed by atoms with E-state index in [1.54, 1.807) is 6.08 Å². The van der Waals surface area contributed by atoms with Crippen molar-refractivity contribution in [3.63, 3.8) is 0 Å². The molecule has 3 heteroatoms. The van der Waals surface area contributed by atoms with E-state index in [-0.39, 0.29) is 0 Å². The first kappa shape index (κ1) is 11.2. The summed E-state index contributed by atoms with van der Waals surface area (Å²) in [6.07, 6.45) is 6.38. The highest BCUT2D eigenvalue weighted by Gasteiger charge is 2.36. The van der Waals surface area contributed by atoms with Crippen LogP contribution in [0.4, 0.5) is 0 Å². The molecule has 0 saturated carbocycles. The fourth-order valence-corrected chi connectivity index (χ4v) is 1.98. The number of aliphatic carboxylic acids is 1. The normalized spacial score (nSPS) is 33.4. The average Bonchev–Trinajstić information content (AvgIpc) is 2.13. The summed E-state index contributed by atoms with van der Waals surface area (Å²) >= 11 is 0. The molecule has 1 aliphatic rings. The zero-order valence-corrected chi connectivity index (χ0v) is 8.57. The highest BCUT2D eigenvalue weighted by Crippen LogP contribution is 2.35. The minimum Gasteiger partial charge on any atom is -0.481 e. The van der Waals surface area contributed by atoms with E-state index in [2.05, 4.69) is 0 Å². The number of carbonyl (C=O) groups is 1. The van der Waals surface area contributed by atoms with E-state index >= 15 is 0 Å². The van der Waals surface area contributed by atoms with Crippen LogP contribution in [0.3, 0.4) is 0 Å². The summed E-state index contributed by atoms with van der Waals surface area (Å²) in [6.45, 7) is 1.91. The van der Waals surface area contributed by atoms with Crippen molar-refractivity contribution < 1.29 is 15.0 Å². The second kappa shape index (κ2) is 4.60. The summed E-state index contributed by atoms with van der Waals surface area (Å²) in [5.74, 6) is -0.720. The number of aliphatic hydroxyl groups is 1. The first-order chi connectivity index (χ1) is 6.60. The molecule has 2 N–H and O–H groups in total. The topological polar surface area (TPSA) is 57.5 Å². The second-order valence-electron chi connectivity index (χ2n) is 4.01. The Kier molecular flexibility index (Phi) is 3.69. The zero-order chi connectivity index (χ0) is 10.6. The molecule has 3 nitrogen and oxygen atoms in total. The Morgan fingerprint density at radius 3 is 2.86 bits per heavy atom. The third-order valence-corrected chi connectivity index (χ3v) is 3.20. The highest BCUT2D eigenvalue weighted by atomic mass is 16.4. The maximum absolute atomic E-state index is 11.2. The quantitative estimate of drug-likeness (QED) is 0.667. The minimum atomic E-state index is -0.720. The van der Waals surface area contributed by atoms with E-state index in [1.165, 1.54) is 0 Å². The Hall–Kier alpha value is -0.830. The van der Waals surface area contributed by atoms with Crippen LogP contribution in [-0.2, 0) is 4.79 Å². The van der Waals surface area contributed by atoms with Gasteiger partial charge in [0.15, 0.2) is 0 Å². The summed E-state index contributed by atoms with van der Waals surface area (Å²) in [4.78, 5) is 11.2. The van der Waals surface area contributed by atoms with E-state index in [0.29, 0.717) is 25.7 Å². The molecule has 0 amide bonds. The van der Waals surface area contributed by atoms with Crippen LogP contribution in [0, 0.1) is 5.41 Å². The van der Waals surface area contributed by atoms with Crippen molar-refractivity contribution in [2.24, 2.45) is 5.41 Å². The van der Waals surface area contributed by atoms with Gasteiger partial charge in [0.05, 0.1) is 11.5 Å². The predicted octanol–water partition coefficient (Wildman–Crippen LogP) is 1.96. The lowest BCUT2D eigenvalue weighted by Gasteiger charge is -2.29. The number of carboxylic acids is 1. The number of aliphatic hydroxyl groups excluding tert-OH is 1. The lowest BCUT2D eigenvalue weighted by molar-refractivity contribution is -0.150. The van der Waals surface area contributed by atoms with Gasteiger partial charge in [0.2, 0.25) is 0 Å². The first-order valence-electron chi connectivity index (χ1n) is 5.19. The third kappa shape index (κ3) is 2.35. The van der Waals surface area contributed by atoms with Gasteiger partial charge in [0, 0.05) is 0 Å². The maximum atomic E-state index is 11.2. The summed E-state index contributed by atoms with van der Waals surface area (Å²) in [5.41, 5.74) is -0.619. The number of hydrogen-bond acceptors (Lipinski definition) is 2. The molecule has 80 valence electrons. The van der Waals surface area contributed by atoms with Crippen molar-refractivity contribution in [2.75, 3.05) is 0 Å². The van der Waals surface area contributed by atoms with Crippen LogP contribution in [-0.4, -0.2) is 22.3 Å². The van der Waals surface area contributed by atoms with Crippen LogP contribution in [0.15, 0.2) is 12.2 Å². The van der Waals surface area contributed by atoms with Gasteiger partial charge in [-0.05, 0) is 32.1 Å². The van der Waals surface area contributed by atoms with Crippen LogP contribution in [0.5, 0.6) is 0 Å². The molecule has 0 aromatic carbocycles. The highest BCUT2D eigenvalue weighted by molar-refractivity contribution is 5.74. The predicted molar refractivity (Wildman–Crippen MR) is 54.0 cm³/mol. The van der Waals surface area contributed by atoms with E-state index in [9.17, 15) is 15.0 Å². The van der Waals surface area contributed by atoms with E-state index < -0.39 is 17.5 Å². The SMILES string of the molecule is CCC1(C(=O)O)CCC=CC(O)CC1. The maximum Gasteiger partial charge on any atom is 0.309 e. The molecule has 1 aliphatic carbocycles. The Bertz CT molecular complexity index is 235. The molecule has 0 aliphatic heterocycles. The van der Waals surface area contributed by atoms with Gasteiger partial charge in [-0.2, -0.15) is 0 Å². The second-order valence-corrected chi connectivity index (χ2v) is 4.01. The lowest BCUT2D eigenvalue weighted by atomic mass is 9.75. The monoisotopic (exact) mass is 198 g/mol. The van der Waals surface area contributed by atoms with Crippen LogP contribution < -0.4 is 0 Å². The number of rotatable bonds is 2. The van der Waals surface area contributed by atoms with Gasteiger partial charge in [-0.1, -0.05) is 19.1 Å². The molecule has 0 heterocycles. The van der Waals surface area contributed by atoms with Gasteiger partial charge in [-0.25, -0.2) is 0 Å². The van der Waals surface area contributed by atoms with Crippen LogP contribution in [0.1, 0.15) is 39.0 Å². The molecule has 0 fully saturated rings. The Labute approximate surface area is 84.4 Å². The van der Waals surface area contributed by atoms with Crippen molar-refractivity contribution >= 4 is 5.97 Å². The van der Waals surface area contributed by atoms with Crippen molar-refractivity contribution in [2.45, 2.75) is 45.1 Å². The number of hydrogen-bond donors (Lipinski definition) is 2. The fourth-order valence-electron chi connectivity index (χ4n) is 1.98. The van der Waals surface area contributed by atoms with E-state index in [4.69, 9.17) is 0 Å². The molecule has 0 bridgehead atoms. The Balaban J connectivity index is 2.77. The fraction of sp³-hybridized carbons (Fsp3) is 0.727. The van der Waals surface area contributed by atoms with Crippen LogP contribution in [0.2, 0.25) is 0 Å². The third-order valence-electron chi connectivity index (χ3n) is 3.20. The van der Waals surface area contributed by atoms with Crippen LogP contribution >= 0.6 is 0 Å². The van der Waals surface area contributed by atoms with Gasteiger partial charge < -0.3 is 10.2 Å². The van der Waals surface area contributed by atoms with Gasteiger partial charge in [-0.15, -0.1) is 0 Å². The standard InChI is InChI=1S/C11H18O3/c1-2-11(10(13)14)7-4-3-5-9(12)6-8-11/h3,5,9,12H,2,4,6-8H2,1H3,(H,13,14). The van der Waals surface area contributed by atoms with E-state index in [0.717, 1.165) is 6.42 Å². The molecule has 0 saturated heterocycles. The average molecular weight is 198 g/mol. The summed E-state index contributed by atoms with van der Waals surface area (Å²) in [6, 6.07) is 0. The Morgan fingerprint density at radius 1 is 1.57 bits per heavy atom. The van der Waals surface area contributed by atoms with Crippen molar-refractivity contribution in [3.8, 4) is 0 Å². The van der Waals surface area contributed by atoms with Gasteiger partial charge in [-0.3, -0.25) is 4.79 Å². The zero-order valence-electron chi connectivity index (χ0n) is 8.57. The molecule has 1 rings (SSSR count). The molecular weight excluding hydrogens is 180 g/mol. The molecular formula is C11H18O3. The summed E-state index contributed by atoms with van der Waals surface area (Å²) in [7, 11) is 0. The molecule has 0 radical (unpaired) electrons. The van der Waals surface area contributed by atoms with E-state index in [1.807, 2.05) is 13.0 Å². The van der Waals surface area contributed by atoms with Gasteiger partial charge >= 0.3 is 5.97 Å². The largest absolute Gasteiger partial charge is 0.481 e. The molecule has 2 atom stereocenters. The lowest BCUT2D eigenvalue weighted by Crippen LogP contribution is -2.32. The first-order valence-corrected chi connectivity index (χ1v) is 5.19. The molecule has 0 aromatic rings. The summed E-state index contributed by atoms with van der Waals surface area (Å²) < 4.78 is 0.